The quantitative estimate of drug-likeness (QED) is 0.741. The van der Waals surface area contributed by atoms with Gasteiger partial charge in [-0.05, 0) is 26.0 Å². The summed E-state index contributed by atoms with van der Waals surface area (Å²) < 4.78 is 50.0. The van der Waals surface area contributed by atoms with Gasteiger partial charge in [-0.15, -0.1) is 0 Å². The van der Waals surface area contributed by atoms with E-state index in [2.05, 4.69) is 4.98 Å². The molecule has 1 aromatic carbocycles. The van der Waals surface area contributed by atoms with E-state index in [0.29, 0.717) is 30.2 Å². The van der Waals surface area contributed by atoms with E-state index in [1.54, 1.807) is 18.4 Å². The lowest BCUT2D eigenvalue weighted by Crippen LogP contribution is -2.10. The maximum absolute atomic E-state index is 12.7. The lowest BCUT2D eigenvalue weighted by molar-refractivity contribution is -0.137. The Morgan fingerprint density at radius 3 is 2.40 bits per heavy atom. The molecule has 0 aliphatic rings. The second-order valence-electron chi connectivity index (χ2n) is 5.31. The predicted octanol–water partition coefficient (Wildman–Crippen LogP) is 3.70. The van der Waals surface area contributed by atoms with Gasteiger partial charge in [-0.3, -0.25) is 0 Å². The van der Waals surface area contributed by atoms with Gasteiger partial charge in [-0.25, -0.2) is 9.78 Å². The number of benzene rings is 1. The number of nitrogens with zero attached hydrogens (tertiary/aromatic N) is 2. The van der Waals surface area contributed by atoms with Crippen LogP contribution in [0.25, 0.3) is 11.4 Å². The van der Waals surface area contributed by atoms with Gasteiger partial charge in [0.05, 0.1) is 18.8 Å². The smallest absolute Gasteiger partial charge is 0.416 e. The summed E-state index contributed by atoms with van der Waals surface area (Å²) in [6, 6.07) is 4.65. The van der Waals surface area contributed by atoms with Gasteiger partial charge in [0.2, 0.25) is 0 Å². The van der Waals surface area contributed by atoms with E-state index in [1.807, 2.05) is 0 Å². The summed E-state index contributed by atoms with van der Waals surface area (Å²) in [5.74, 6) is -0.171. The number of alkyl halides is 3. The van der Waals surface area contributed by atoms with Crippen LogP contribution in [0.4, 0.5) is 13.2 Å². The molecule has 0 saturated carbocycles. The second-order valence-corrected chi connectivity index (χ2v) is 5.31. The normalized spacial score (nSPS) is 11.6. The molecular formula is C17H19F3N2O3. The topological polar surface area (TPSA) is 53.3 Å². The van der Waals surface area contributed by atoms with Gasteiger partial charge < -0.3 is 14.0 Å². The number of aromatic nitrogens is 2. The lowest BCUT2D eigenvalue weighted by atomic mass is 10.1. The van der Waals surface area contributed by atoms with Crippen molar-refractivity contribution in [3.63, 3.8) is 0 Å². The van der Waals surface area contributed by atoms with Crippen LogP contribution in [-0.4, -0.2) is 35.8 Å². The summed E-state index contributed by atoms with van der Waals surface area (Å²) in [5, 5.41) is 0. The number of esters is 1. The molecule has 25 heavy (non-hydrogen) atoms. The number of ether oxygens (including phenoxy) is 2. The van der Waals surface area contributed by atoms with Gasteiger partial charge in [0.25, 0.3) is 0 Å². The molecule has 0 spiro atoms. The fourth-order valence-electron chi connectivity index (χ4n) is 2.41. The van der Waals surface area contributed by atoms with Crippen molar-refractivity contribution in [1.29, 1.82) is 0 Å². The Bertz CT molecular complexity index is 737. The van der Waals surface area contributed by atoms with E-state index in [0.717, 1.165) is 12.1 Å². The summed E-state index contributed by atoms with van der Waals surface area (Å²) in [7, 11) is 1.54. The summed E-state index contributed by atoms with van der Waals surface area (Å²) in [4.78, 5) is 16.3. The number of halogens is 3. The first-order chi connectivity index (χ1) is 11.8. The number of imidazole rings is 1. The Hall–Kier alpha value is -2.35. The van der Waals surface area contributed by atoms with Gasteiger partial charge in [0, 0.05) is 24.9 Å². The zero-order chi connectivity index (χ0) is 18.6. The fourth-order valence-corrected chi connectivity index (χ4v) is 2.41. The molecular weight excluding hydrogens is 337 g/mol. The largest absolute Gasteiger partial charge is 0.461 e. The zero-order valence-corrected chi connectivity index (χ0v) is 14.2. The minimum absolute atomic E-state index is 0.146. The highest BCUT2D eigenvalue weighted by molar-refractivity contribution is 5.89. The molecule has 0 unspecified atom stereocenters. The third-order valence-electron chi connectivity index (χ3n) is 3.68. The van der Waals surface area contributed by atoms with E-state index < -0.39 is 17.7 Å². The van der Waals surface area contributed by atoms with Gasteiger partial charge in [0.1, 0.15) is 5.82 Å². The molecule has 0 atom stereocenters. The van der Waals surface area contributed by atoms with E-state index in [4.69, 9.17) is 9.47 Å². The van der Waals surface area contributed by atoms with Gasteiger partial charge >= 0.3 is 12.1 Å². The monoisotopic (exact) mass is 356 g/mol. The van der Waals surface area contributed by atoms with Crippen LogP contribution in [0.1, 0.15) is 28.7 Å². The number of methoxy groups -OCH3 is 1. The van der Waals surface area contributed by atoms with Gasteiger partial charge in [0.15, 0.2) is 5.69 Å². The molecule has 0 fully saturated rings. The number of carbonyl (C=O) groups excluding carboxylic acids is 1. The summed E-state index contributed by atoms with van der Waals surface area (Å²) >= 11 is 0. The third-order valence-corrected chi connectivity index (χ3v) is 3.68. The first-order valence-electron chi connectivity index (χ1n) is 7.70. The SMILES string of the molecule is CCOC(=O)c1nc(-c2ccc(C(F)(F)F)cc2)n(CCOC)c1C. The number of hydrogen-bond acceptors (Lipinski definition) is 4. The highest BCUT2D eigenvalue weighted by atomic mass is 19.4. The second kappa shape index (κ2) is 7.69. The van der Waals surface area contributed by atoms with Crippen LogP contribution in [0.5, 0.6) is 0 Å². The molecule has 1 aromatic heterocycles. The zero-order valence-electron chi connectivity index (χ0n) is 14.2. The highest BCUT2D eigenvalue weighted by Crippen LogP contribution is 2.31. The molecule has 0 N–H and O–H groups in total. The molecule has 8 heteroatoms. The van der Waals surface area contributed by atoms with E-state index in [1.165, 1.54) is 19.2 Å². The predicted molar refractivity (Wildman–Crippen MR) is 85.2 cm³/mol. The Morgan fingerprint density at radius 1 is 1.24 bits per heavy atom. The van der Waals surface area contributed by atoms with Crippen molar-refractivity contribution >= 4 is 5.97 Å². The Kier molecular flexibility index (Phi) is 5.84. The summed E-state index contributed by atoms with van der Waals surface area (Å²) in [5.41, 5.74) is 0.453. The molecule has 2 rings (SSSR count). The molecule has 0 radical (unpaired) electrons. The fraction of sp³-hybridized carbons (Fsp3) is 0.412. The van der Waals surface area contributed by atoms with Crippen LogP contribution in [0, 0.1) is 6.92 Å². The first kappa shape index (κ1) is 19.0. The van der Waals surface area contributed by atoms with Crippen molar-refractivity contribution in [2.75, 3.05) is 20.3 Å². The van der Waals surface area contributed by atoms with E-state index >= 15 is 0 Å². The third kappa shape index (κ3) is 4.19. The highest BCUT2D eigenvalue weighted by Gasteiger charge is 2.30. The number of hydrogen-bond donors (Lipinski definition) is 0. The summed E-state index contributed by atoms with van der Waals surface area (Å²) in [6.07, 6.45) is -4.41. The van der Waals surface area contributed by atoms with Crippen LogP contribution in [0.15, 0.2) is 24.3 Å². The molecule has 5 nitrogen and oxygen atoms in total. The van der Waals surface area contributed by atoms with Crippen molar-refractivity contribution in [2.45, 2.75) is 26.6 Å². The van der Waals surface area contributed by atoms with Crippen molar-refractivity contribution < 1.29 is 27.4 Å². The van der Waals surface area contributed by atoms with Crippen molar-refractivity contribution in [1.82, 2.24) is 9.55 Å². The average molecular weight is 356 g/mol. The first-order valence-corrected chi connectivity index (χ1v) is 7.70. The lowest BCUT2D eigenvalue weighted by Gasteiger charge is -2.11. The minimum Gasteiger partial charge on any atom is -0.461 e. The van der Waals surface area contributed by atoms with Gasteiger partial charge in [-0.1, -0.05) is 12.1 Å². The maximum atomic E-state index is 12.7. The molecule has 0 aliphatic carbocycles. The van der Waals surface area contributed by atoms with Crippen LogP contribution in [-0.2, 0) is 22.2 Å². The molecule has 0 bridgehead atoms. The Morgan fingerprint density at radius 2 is 1.88 bits per heavy atom. The van der Waals surface area contributed by atoms with E-state index in [9.17, 15) is 18.0 Å². The molecule has 136 valence electrons. The van der Waals surface area contributed by atoms with E-state index in [-0.39, 0.29) is 12.3 Å². The van der Waals surface area contributed by atoms with Crippen LogP contribution >= 0.6 is 0 Å². The van der Waals surface area contributed by atoms with Crippen molar-refractivity contribution in [2.24, 2.45) is 0 Å². The Labute approximate surface area is 143 Å². The van der Waals surface area contributed by atoms with Crippen molar-refractivity contribution in [3.05, 3.63) is 41.2 Å². The standard InChI is InChI=1S/C17H19F3N2O3/c1-4-25-16(23)14-11(2)22(9-10-24-3)15(21-14)12-5-7-13(8-6-12)17(18,19)20/h5-8H,4,9-10H2,1-3H3. The maximum Gasteiger partial charge on any atom is 0.416 e. The minimum atomic E-state index is -4.41. The molecule has 0 saturated heterocycles. The van der Waals surface area contributed by atoms with Crippen LogP contribution < -0.4 is 0 Å². The molecule has 0 amide bonds. The summed E-state index contributed by atoms with van der Waals surface area (Å²) in [6.45, 7) is 4.38. The molecule has 1 heterocycles. The van der Waals surface area contributed by atoms with Crippen LogP contribution in [0.2, 0.25) is 0 Å². The molecule has 0 aliphatic heterocycles. The molecule has 2 aromatic rings. The van der Waals surface area contributed by atoms with Gasteiger partial charge in [-0.2, -0.15) is 13.2 Å². The Balaban J connectivity index is 2.47. The van der Waals surface area contributed by atoms with Crippen LogP contribution in [0.3, 0.4) is 0 Å². The number of carbonyl (C=O) groups is 1. The number of rotatable bonds is 6. The average Bonchev–Trinajstić information content (AvgIpc) is 2.89. The van der Waals surface area contributed by atoms with Crippen molar-refractivity contribution in [3.8, 4) is 11.4 Å².